The molecule has 1 aliphatic carbocycles. The molecule has 1 saturated carbocycles. The third-order valence-corrected chi connectivity index (χ3v) is 7.78. The summed E-state index contributed by atoms with van der Waals surface area (Å²) in [5.41, 5.74) is 2.57. The number of hydrogen-bond donors (Lipinski definition) is 1. The van der Waals surface area contributed by atoms with Crippen molar-refractivity contribution >= 4 is 34.2 Å². The first-order valence-electron chi connectivity index (χ1n) is 10.2. The maximum Gasteiger partial charge on any atom is 0.142 e. The molecule has 3 heterocycles. The van der Waals surface area contributed by atoms with Crippen LogP contribution in [0.5, 0.6) is 0 Å². The number of nitrogens with one attached hydrogen (secondary N) is 1. The third-order valence-electron chi connectivity index (χ3n) is 6.33. The molecule has 2 aliphatic rings. The lowest BCUT2D eigenvalue weighted by molar-refractivity contribution is -0.104. The van der Waals surface area contributed by atoms with Gasteiger partial charge in [0, 0.05) is 36.7 Å². The molecule has 4 nitrogen and oxygen atoms in total. The van der Waals surface area contributed by atoms with Gasteiger partial charge in [0.2, 0.25) is 0 Å². The Morgan fingerprint density at radius 2 is 2.04 bits per heavy atom. The van der Waals surface area contributed by atoms with E-state index in [0.717, 1.165) is 42.5 Å². The van der Waals surface area contributed by atoms with Crippen molar-refractivity contribution in [1.29, 1.82) is 0 Å². The molecule has 2 aromatic rings. The fourth-order valence-corrected chi connectivity index (χ4v) is 5.56. The molecule has 1 atom stereocenters. The molecule has 0 radical (unpaired) electrons. The van der Waals surface area contributed by atoms with Gasteiger partial charge in [0.1, 0.15) is 5.15 Å². The molecule has 0 bridgehead atoms. The van der Waals surface area contributed by atoms with E-state index in [-0.39, 0.29) is 11.0 Å². The Bertz CT molecular complexity index is 798. The molecule has 28 heavy (non-hydrogen) atoms. The number of hydrogen-bond acceptors (Lipinski definition) is 4. The first-order valence-corrected chi connectivity index (χ1v) is 11.6. The summed E-state index contributed by atoms with van der Waals surface area (Å²) in [5.74, 6) is 0. The number of rotatable bonds is 6. The fourth-order valence-electron chi connectivity index (χ4n) is 4.91. The standard InChI is InChI=1S/C22H27ClIN3O/c23-20-18(24)13-17(15-27-20)14-25-11-8-21(19-5-1-4-10-26-19)9-12-28-22(16-21)6-2-3-7-22/h1,4-5,10,13,15,25H,2-3,6-9,11-12,14,16H2. The zero-order valence-electron chi connectivity index (χ0n) is 16.1. The van der Waals surface area contributed by atoms with Gasteiger partial charge in [-0.2, -0.15) is 0 Å². The van der Waals surface area contributed by atoms with E-state index in [1.807, 2.05) is 18.5 Å². The smallest absolute Gasteiger partial charge is 0.142 e. The van der Waals surface area contributed by atoms with Crippen LogP contribution >= 0.6 is 34.2 Å². The van der Waals surface area contributed by atoms with Gasteiger partial charge in [0.05, 0.1) is 9.17 Å². The van der Waals surface area contributed by atoms with Gasteiger partial charge in [0.15, 0.2) is 0 Å². The largest absolute Gasteiger partial charge is 0.375 e. The van der Waals surface area contributed by atoms with Gasteiger partial charge in [-0.25, -0.2) is 4.98 Å². The maximum absolute atomic E-state index is 6.33. The van der Waals surface area contributed by atoms with Crippen LogP contribution in [0.15, 0.2) is 36.7 Å². The quantitative estimate of drug-likeness (QED) is 0.326. The van der Waals surface area contributed by atoms with Crippen LogP contribution in [-0.4, -0.2) is 28.7 Å². The minimum Gasteiger partial charge on any atom is -0.375 e. The highest BCUT2D eigenvalue weighted by Crippen LogP contribution is 2.49. The maximum atomic E-state index is 6.33. The Hall–Kier alpha value is -0.760. The Morgan fingerprint density at radius 1 is 1.18 bits per heavy atom. The van der Waals surface area contributed by atoms with Crippen molar-refractivity contribution < 1.29 is 4.74 Å². The molecular weight excluding hydrogens is 485 g/mol. The van der Waals surface area contributed by atoms with E-state index in [1.54, 1.807) is 0 Å². The zero-order chi connectivity index (χ0) is 19.5. The number of nitrogens with zero attached hydrogens (tertiary/aromatic N) is 2. The predicted octanol–water partition coefficient (Wildman–Crippen LogP) is 5.28. The van der Waals surface area contributed by atoms with E-state index in [2.05, 4.69) is 51.1 Å². The lowest BCUT2D eigenvalue weighted by Crippen LogP contribution is -2.47. The summed E-state index contributed by atoms with van der Waals surface area (Å²) >= 11 is 8.26. The molecular formula is C22H27ClIN3O. The number of pyridine rings is 2. The Labute approximate surface area is 186 Å². The van der Waals surface area contributed by atoms with Crippen LogP contribution in [0.3, 0.4) is 0 Å². The van der Waals surface area contributed by atoms with Crippen LogP contribution in [0.1, 0.15) is 56.2 Å². The van der Waals surface area contributed by atoms with Crippen LogP contribution in [-0.2, 0) is 16.7 Å². The van der Waals surface area contributed by atoms with E-state index < -0.39 is 0 Å². The van der Waals surface area contributed by atoms with Crippen LogP contribution < -0.4 is 5.32 Å². The first-order chi connectivity index (χ1) is 13.6. The summed E-state index contributed by atoms with van der Waals surface area (Å²) in [7, 11) is 0. The molecule has 150 valence electrons. The average molecular weight is 512 g/mol. The van der Waals surface area contributed by atoms with Crippen molar-refractivity contribution in [3.05, 3.63) is 56.6 Å². The molecule has 6 heteroatoms. The summed E-state index contributed by atoms with van der Waals surface area (Å²) in [6, 6.07) is 8.43. The molecule has 2 aromatic heterocycles. The van der Waals surface area contributed by atoms with Gasteiger partial charge in [0.25, 0.3) is 0 Å². The molecule has 4 rings (SSSR count). The van der Waals surface area contributed by atoms with Crippen LogP contribution in [0, 0.1) is 3.57 Å². The van der Waals surface area contributed by atoms with Gasteiger partial charge in [-0.1, -0.05) is 30.5 Å². The second-order valence-electron chi connectivity index (χ2n) is 8.20. The highest BCUT2D eigenvalue weighted by molar-refractivity contribution is 14.1. The summed E-state index contributed by atoms with van der Waals surface area (Å²) < 4.78 is 7.33. The molecule has 2 fully saturated rings. The van der Waals surface area contributed by atoms with Crippen molar-refractivity contribution in [2.75, 3.05) is 13.2 Å². The van der Waals surface area contributed by atoms with Gasteiger partial charge >= 0.3 is 0 Å². The van der Waals surface area contributed by atoms with Gasteiger partial charge in [-0.05, 0) is 85.0 Å². The van der Waals surface area contributed by atoms with Crippen molar-refractivity contribution in [2.45, 2.75) is 62.5 Å². The second kappa shape index (κ2) is 8.94. The molecule has 0 aromatic carbocycles. The number of aromatic nitrogens is 2. The lowest BCUT2D eigenvalue weighted by atomic mass is 9.68. The number of halogens is 2. The molecule has 1 saturated heterocycles. The van der Waals surface area contributed by atoms with E-state index in [1.165, 1.54) is 36.9 Å². The van der Waals surface area contributed by atoms with Crippen LogP contribution in [0.4, 0.5) is 0 Å². The molecule has 1 N–H and O–H groups in total. The molecule has 1 unspecified atom stereocenters. The van der Waals surface area contributed by atoms with Crippen molar-refractivity contribution in [1.82, 2.24) is 15.3 Å². The second-order valence-corrected chi connectivity index (χ2v) is 9.72. The minimum absolute atomic E-state index is 0.0754. The minimum atomic E-state index is 0.0754. The predicted molar refractivity (Wildman–Crippen MR) is 121 cm³/mol. The van der Waals surface area contributed by atoms with Crippen molar-refractivity contribution in [2.24, 2.45) is 0 Å². The molecule has 1 spiro atoms. The molecule has 1 aliphatic heterocycles. The van der Waals surface area contributed by atoms with E-state index in [0.29, 0.717) is 5.15 Å². The normalized spacial score (nSPS) is 23.9. The first kappa shape index (κ1) is 20.5. The Morgan fingerprint density at radius 3 is 2.79 bits per heavy atom. The van der Waals surface area contributed by atoms with Crippen LogP contribution in [0.2, 0.25) is 5.15 Å². The van der Waals surface area contributed by atoms with Gasteiger partial charge < -0.3 is 10.1 Å². The molecule has 0 amide bonds. The summed E-state index contributed by atoms with van der Waals surface area (Å²) in [5, 5.41) is 4.19. The van der Waals surface area contributed by atoms with E-state index >= 15 is 0 Å². The summed E-state index contributed by atoms with van der Waals surface area (Å²) in [6.07, 6.45) is 12.0. The van der Waals surface area contributed by atoms with Gasteiger partial charge in [-0.15, -0.1) is 0 Å². The SMILES string of the molecule is Clc1ncc(CNCCC2(c3ccccn3)CCOC3(CCCC3)C2)cc1I. The summed E-state index contributed by atoms with van der Waals surface area (Å²) in [4.78, 5) is 9.03. The third kappa shape index (κ3) is 4.53. The zero-order valence-corrected chi connectivity index (χ0v) is 19.0. The highest BCUT2D eigenvalue weighted by Gasteiger charge is 2.48. The average Bonchev–Trinajstić information content (AvgIpc) is 3.16. The van der Waals surface area contributed by atoms with E-state index in [9.17, 15) is 0 Å². The van der Waals surface area contributed by atoms with Crippen LogP contribution in [0.25, 0.3) is 0 Å². The van der Waals surface area contributed by atoms with Crippen molar-refractivity contribution in [3.8, 4) is 0 Å². The van der Waals surface area contributed by atoms with Gasteiger partial charge in [-0.3, -0.25) is 4.98 Å². The monoisotopic (exact) mass is 511 g/mol. The fraction of sp³-hybridized carbons (Fsp3) is 0.545. The summed E-state index contributed by atoms with van der Waals surface area (Å²) in [6.45, 7) is 2.60. The van der Waals surface area contributed by atoms with Crippen molar-refractivity contribution in [3.63, 3.8) is 0 Å². The highest BCUT2D eigenvalue weighted by atomic mass is 127. The Balaban J connectivity index is 1.45. The topological polar surface area (TPSA) is 47.0 Å². The van der Waals surface area contributed by atoms with E-state index in [4.69, 9.17) is 21.3 Å². The number of ether oxygens (including phenoxy) is 1. The lowest BCUT2D eigenvalue weighted by Gasteiger charge is -2.46. The Kier molecular flexibility index (Phi) is 6.55.